The van der Waals surface area contributed by atoms with Gasteiger partial charge in [0.15, 0.2) is 0 Å². The molecule has 0 radical (unpaired) electrons. The Balaban J connectivity index is 1.51. The fourth-order valence-electron chi connectivity index (χ4n) is 7.03. The second kappa shape index (κ2) is 9.79. The SMILES string of the molecule is Cc1cccc(Cl)c1N1CC=C[C@]23S[C@@]4(C)C=CCN(c5ccccc5)C(=O)[C@H]4[C@H]2C(=O)N([C@H](C)CO)C3C1=O. The second-order valence-corrected chi connectivity index (χ2v) is 13.4. The van der Waals surface area contributed by atoms with Gasteiger partial charge in [-0.2, -0.15) is 0 Å². The Labute approximate surface area is 243 Å². The zero-order valence-corrected chi connectivity index (χ0v) is 24.2. The summed E-state index contributed by atoms with van der Waals surface area (Å²) in [6.45, 7) is 6.03. The van der Waals surface area contributed by atoms with Crippen LogP contribution in [0.5, 0.6) is 0 Å². The summed E-state index contributed by atoms with van der Waals surface area (Å²) in [5.74, 6) is -2.16. The number of fused-ring (bicyclic) bond motifs is 2. The number of nitrogens with zero attached hydrogens (tertiary/aromatic N) is 3. The van der Waals surface area contributed by atoms with Gasteiger partial charge < -0.3 is 19.8 Å². The molecule has 208 valence electrons. The molecular formula is C31H32ClN3O4S. The van der Waals surface area contributed by atoms with Crippen molar-refractivity contribution in [3.05, 3.63) is 83.4 Å². The maximum Gasteiger partial charge on any atom is 0.251 e. The van der Waals surface area contributed by atoms with E-state index in [2.05, 4.69) is 0 Å². The highest BCUT2D eigenvalue weighted by Gasteiger charge is 2.74. The zero-order chi connectivity index (χ0) is 28.4. The molecule has 3 amide bonds. The van der Waals surface area contributed by atoms with E-state index in [0.717, 1.165) is 11.3 Å². The average Bonchev–Trinajstić information content (AvgIpc) is 3.21. The van der Waals surface area contributed by atoms with E-state index < -0.39 is 33.4 Å². The summed E-state index contributed by atoms with van der Waals surface area (Å²) in [5, 5.41) is 10.7. The topological polar surface area (TPSA) is 81.2 Å². The molecule has 4 heterocycles. The number of aliphatic hydroxyl groups is 1. The Bertz CT molecular complexity index is 1430. The molecule has 1 spiro atoms. The van der Waals surface area contributed by atoms with E-state index in [-0.39, 0.29) is 30.9 Å². The summed E-state index contributed by atoms with van der Waals surface area (Å²) >= 11 is 8.14. The molecule has 9 heteroatoms. The van der Waals surface area contributed by atoms with Crippen LogP contribution in [0.1, 0.15) is 19.4 Å². The third kappa shape index (κ3) is 3.80. The van der Waals surface area contributed by atoms with Crippen LogP contribution in [-0.4, -0.2) is 69.0 Å². The number of halogens is 1. The van der Waals surface area contributed by atoms with Crippen molar-refractivity contribution < 1.29 is 19.5 Å². The van der Waals surface area contributed by atoms with Gasteiger partial charge in [-0.15, -0.1) is 11.8 Å². The van der Waals surface area contributed by atoms with Gasteiger partial charge in [0.05, 0.1) is 39.9 Å². The first kappa shape index (κ1) is 27.1. The minimum atomic E-state index is -0.999. The Hall–Kier alpha value is -3.07. The summed E-state index contributed by atoms with van der Waals surface area (Å²) in [6, 6.07) is 13.4. The van der Waals surface area contributed by atoms with Gasteiger partial charge in [0.25, 0.3) is 5.91 Å². The highest BCUT2D eigenvalue weighted by Crippen LogP contribution is 2.66. The molecule has 0 aliphatic carbocycles. The number of benzene rings is 2. The zero-order valence-electron chi connectivity index (χ0n) is 22.7. The molecule has 6 rings (SSSR count). The maximum absolute atomic E-state index is 14.6. The van der Waals surface area contributed by atoms with Crippen molar-refractivity contribution >= 4 is 52.5 Å². The maximum atomic E-state index is 14.6. The summed E-state index contributed by atoms with van der Waals surface area (Å²) in [6.07, 6.45) is 7.94. The number of carbonyl (C=O) groups excluding carboxylic acids is 3. The van der Waals surface area contributed by atoms with Gasteiger partial charge in [-0.25, -0.2) is 0 Å². The third-order valence-corrected chi connectivity index (χ3v) is 10.9. The van der Waals surface area contributed by atoms with Crippen LogP contribution in [0.4, 0.5) is 11.4 Å². The molecule has 2 saturated heterocycles. The minimum absolute atomic E-state index is 0.137. The number of hydrogen-bond donors (Lipinski definition) is 1. The third-order valence-electron chi connectivity index (χ3n) is 8.76. The Morgan fingerprint density at radius 2 is 1.65 bits per heavy atom. The van der Waals surface area contributed by atoms with Crippen molar-refractivity contribution in [1.29, 1.82) is 0 Å². The van der Waals surface area contributed by atoms with Gasteiger partial charge >= 0.3 is 0 Å². The van der Waals surface area contributed by atoms with E-state index in [4.69, 9.17) is 11.6 Å². The first-order valence-electron chi connectivity index (χ1n) is 13.6. The fraction of sp³-hybridized carbons (Fsp3) is 0.387. The summed E-state index contributed by atoms with van der Waals surface area (Å²) in [5.41, 5.74) is 2.22. The van der Waals surface area contributed by atoms with Crippen molar-refractivity contribution in [2.24, 2.45) is 11.8 Å². The lowest BCUT2D eigenvalue weighted by molar-refractivity contribution is -0.141. The predicted molar refractivity (Wildman–Crippen MR) is 159 cm³/mol. The molecule has 0 aromatic heterocycles. The van der Waals surface area contributed by atoms with Gasteiger partial charge in [-0.1, -0.05) is 66.2 Å². The molecule has 0 saturated carbocycles. The minimum Gasteiger partial charge on any atom is -0.394 e. The fourth-order valence-corrected chi connectivity index (χ4v) is 9.50. The number of thioether (sulfide) groups is 1. The molecule has 4 aliphatic heterocycles. The number of para-hydroxylation sites is 2. The second-order valence-electron chi connectivity index (χ2n) is 11.2. The largest absolute Gasteiger partial charge is 0.394 e. The highest BCUT2D eigenvalue weighted by atomic mass is 35.5. The predicted octanol–water partition coefficient (Wildman–Crippen LogP) is 4.22. The van der Waals surface area contributed by atoms with Crippen LogP contribution in [0.2, 0.25) is 5.02 Å². The van der Waals surface area contributed by atoms with Crippen LogP contribution in [-0.2, 0) is 14.4 Å². The molecule has 40 heavy (non-hydrogen) atoms. The molecule has 2 aromatic carbocycles. The average molecular weight is 578 g/mol. The highest BCUT2D eigenvalue weighted by molar-refractivity contribution is 8.02. The number of likely N-dealkylation sites (tertiary alicyclic amines) is 1. The van der Waals surface area contributed by atoms with Crippen LogP contribution in [0.15, 0.2) is 72.8 Å². The van der Waals surface area contributed by atoms with Crippen molar-refractivity contribution in [2.45, 2.75) is 42.3 Å². The van der Waals surface area contributed by atoms with E-state index >= 15 is 0 Å². The normalized spacial score (nSPS) is 32.1. The number of amides is 3. The summed E-state index contributed by atoms with van der Waals surface area (Å²) in [4.78, 5) is 48.4. The Morgan fingerprint density at radius 1 is 0.950 bits per heavy atom. The smallest absolute Gasteiger partial charge is 0.251 e. The first-order valence-corrected chi connectivity index (χ1v) is 14.8. The molecule has 2 fully saturated rings. The number of hydrogen-bond acceptors (Lipinski definition) is 5. The summed E-state index contributed by atoms with van der Waals surface area (Å²) in [7, 11) is 0. The van der Waals surface area contributed by atoms with E-state index in [1.54, 1.807) is 22.8 Å². The van der Waals surface area contributed by atoms with Crippen LogP contribution in [0, 0.1) is 18.8 Å². The van der Waals surface area contributed by atoms with E-state index in [1.165, 1.54) is 16.7 Å². The number of carbonyl (C=O) groups is 3. The van der Waals surface area contributed by atoms with Crippen LogP contribution in [0.3, 0.4) is 0 Å². The van der Waals surface area contributed by atoms with Gasteiger partial charge in [-0.3, -0.25) is 14.4 Å². The van der Waals surface area contributed by atoms with E-state index in [1.807, 2.05) is 80.6 Å². The van der Waals surface area contributed by atoms with Gasteiger partial charge in [0.2, 0.25) is 11.8 Å². The summed E-state index contributed by atoms with van der Waals surface area (Å²) < 4.78 is -1.71. The Morgan fingerprint density at radius 3 is 2.35 bits per heavy atom. The lowest BCUT2D eigenvalue weighted by Crippen LogP contribution is -2.56. The standard InChI is InChI=1S/C31H32ClN3O4S/c1-19-10-7-13-22(32)25(19)34-17-9-15-31-24(28(38)35(20(2)18-36)26(31)29(34)39)23-27(37)33(21-11-5-4-6-12-21)16-8-14-30(23,3)40-31/h4-15,20,23-24,26,36H,16-18H2,1-3H3/t20-,23-,24+,26?,30+,31+/m1/s1. The van der Waals surface area contributed by atoms with E-state index in [0.29, 0.717) is 17.3 Å². The lowest BCUT2D eigenvalue weighted by Gasteiger charge is -2.39. The number of rotatable bonds is 4. The molecule has 0 bridgehead atoms. The molecule has 1 N–H and O–H groups in total. The molecule has 6 atom stereocenters. The van der Waals surface area contributed by atoms with Crippen molar-refractivity contribution in [3.63, 3.8) is 0 Å². The van der Waals surface area contributed by atoms with Crippen molar-refractivity contribution in [2.75, 3.05) is 29.5 Å². The van der Waals surface area contributed by atoms with Gasteiger partial charge in [0.1, 0.15) is 6.04 Å². The van der Waals surface area contributed by atoms with Crippen molar-refractivity contribution in [1.82, 2.24) is 4.90 Å². The number of aliphatic hydroxyl groups excluding tert-OH is 1. The molecule has 4 aliphatic rings. The van der Waals surface area contributed by atoms with Crippen LogP contribution in [0.25, 0.3) is 0 Å². The number of aryl methyl sites for hydroxylation is 1. The molecule has 1 unspecified atom stereocenters. The first-order chi connectivity index (χ1) is 19.1. The molecule has 7 nitrogen and oxygen atoms in total. The van der Waals surface area contributed by atoms with Crippen LogP contribution >= 0.6 is 23.4 Å². The quantitative estimate of drug-likeness (QED) is 0.550. The van der Waals surface area contributed by atoms with Crippen molar-refractivity contribution in [3.8, 4) is 0 Å². The Kier molecular flexibility index (Phi) is 6.63. The van der Waals surface area contributed by atoms with E-state index in [9.17, 15) is 19.5 Å². The monoisotopic (exact) mass is 577 g/mol. The van der Waals surface area contributed by atoms with Crippen LogP contribution < -0.4 is 9.80 Å². The molecule has 2 aromatic rings. The van der Waals surface area contributed by atoms with Gasteiger partial charge in [0, 0.05) is 23.5 Å². The lowest BCUT2D eigenvalue weighted by atomic mass is 9.74. The number of anilines is 2. The van der Waals surface area contributed by atoms with Gasteiger partial charge in [-0.05, 0) is 44.5 Å². The molecular weight excluding hydrogens is 546 g/mol.